The zero-order chi connectivity index (χ0) is 13.0. The second kappa shape index (κ2) is 6.10. The van der Waals surface area contributed by atoms with Crippen LogP contribution >= 0.6 is 11.8 Å². The van der Waals surface area contributed by atoms with Gasteiger partial charge in [-0.05, 0) is 19.4 Å². The minimum absolute atomic E-state index is 0.133. The molecular weight excluding hydrogens is 232 g/mol. The predicted octanol–water partition coefficient (Wildman–Crippen LogP) is 3.65. The van der Waals surface area contributed by atoms with Gasteiger partial charge in [-0.3, -0.25) is 4.79 Å². The summed E-state index contributed by atoms with van der Waals surface area (Å²) >= 11 is 1.70. The Bertz CT molecular complexity index is 381. The summed E-state index contributed by atoms with van der Waals surface area (Å²) in [5.74, 6) is -0.141. The average molecular weight is 252 g/mol. The van der Waals surface area contributed by atoms with E-state index in [2.05, 4.69) is 32.0 Å². The first-order valence-electron chi connectivity index (χ1n) is 5.81. The Morgan fingerprint density at radius 1 is 1.24 bits per heavy atom. The van der Waals surface area contributed by atoms with Crippen LogP contribution in [0.2, 0.25) is 0 Å². The molecule has 0 aliphatic heterocycles. The lowest BCUT2D eigenvalue weighted by Crippen LogP contribution is -2.20. The molecule has 3 heteroatoms. The molecule has 2 unspecified atom stereocenters. The Morgan fingerprint density at radius 3 is 2.24 bits per heavy atom. The number of aryl methyl sites for hydroxylation is 2. The number of hydrogen-bond donors (Lipinski definition) is 1. The maximum atomic E-state index is 10.8. The first kappa shape index (κ1) is 14.1. The number of aliphatic carboxylic acids is 1. The van der Waals surface area contributed by atoms with E-state index >= 15 is 0 Å². The van der Waals surface area contributed by atoms with Crippen molar-refractivity contribution in [3.8, 4) is 0 Å². The Morgan fingerprint density at radius 2 is 1.76 bits per heavy atom. The Labute approximate surface area is 107 Å². The van der Waals surface area contributed by atoms with E-state index in [0.29, 0.717) is 0 Å². The molecule has 1 aromatic carbocycles. The quantitative estimate of drug-likeness (QED) is 0.869. The van der Waals surface area contributed by atoms with Gasteiger partial charge in [-0.2, -0.15) is 11.8 Å². The van der Waals surface area contributed by atoms with Crippen LogP contribution in [0.5, 0.6) is 0 Å². The van der Waals surface area contributed by atoms with E-state index in [1.807, 2.05) is 6.92 Å². The smallest absolute Gasteiger partial charge is 0.307 e. The number of rotatable bonds is 5. The molecule has 1 rings (SSSR count). The van der Waals surface area contributed by atoms with Crippen molar-refractivity contribution >= 4 is 17.7 Å². The molecule has 0 radical (unpaired) electrons. The zero-order valence-electron chi connectivity index (χ0n) is 10.9. The van der Waals surface area contributed by atoms with Gasteiger partial charge in [-0.25, -0.2) is 0 Å². The van der Waals surface area contributed by atoms with Crippen molar-refractivity contribution in [2.45, 2.75) is 38.7 Å². The molecule has 0 spiro atoms. The SMILES string of the molecule is Cc1cc(C)cc(CSC(C)C(C)C(=O)O)c1. The van der Waals surface area contributed by atoms with Crippen LogP contribution in [0.25, 0.3) is 0 Å². The van der Waals surface area contributed by atoms with Crippen molar-refractivity contribution < 1.29 is 9.90 Å². The summed E-state index contributed by atoms with van der Waals surface area (Å²) in [6.45, 7) is 7.92. The number of thioether (sulfide) groups is 1. The van der Waals surface area contributed by atoms with Crippen LogP contribution in [0.15, 0.2) is 18.2 Å². The van der Waals surface area contributed by atoms with E-state index in [9.17, 15) is 4.79 Å². The van der Waals surface area contributed by atoms with Crippen molar-refractivity contribution in [1.82, 2.24) is 0 Å². The van der Waals surface area contributed by atoms with Gasteiger partial charge in [-0.15, -0.1) is 0 Å². The molecule has 94 valence electrons. The summed E-state index contributed by atoms with van der Waals surface area (Å²) in [6.07, 6.45) is 0. The summed E-state index contributed by atoms with van der Waals surface area (Å²) in [6, 6.07) is 6.48. The molecule has 17 heavy (non-hydrogen) atoms. The van der Waals surface area contributed by atoms with Crippen molar-refractivity contribution in [3.63, 3.8) is 0 Å². The van der Waals surface area contributed by atoms with Gasteiger partial charge in [0.25, 0.3) is 0 Å². The van der Waals surface area contributed by atoms with E-state index in [1.165, 1.54) is 16.7 Å². The predicted molar refractivity (Wildman–Crippen MR) is 73.5 cm³/mol. The number of benzene rings is 1. The third-order valence-corrected chi connectivity index (χ3v) is 4.32. The van der Waals surface area contributed by atoms with Gasteiger partial charge in [-0.1, -0.05) is 43.2 Å². The molecule has 0 aromatic heterocycles. The molecule has 0 aliphatic rings. The topological polar surface area (TPSA) is 37.3 Å². The van der Waals surface area contributed by atoms with Gasteiger partial charge in [0.2, 0.25) is 0 Å². The lowest BCUT2D eigenvalue weighted by molar-refractivity contribution is -0.140. The van der Waals surface area contributed by atoms with Gasteiger partial charge in [0.15, 0.2) is 0 Å². The molecule has 0 amide bonds. The van der Waals surface area contributed by atoms with Crippen LogP contribution < -0.4 is 0 Å². The molecule has 0 saturated carbocycles. The van der Waals surface area contributed by atoms with Gasteiger partial charge >= 0.3 is 5.97 Å². The molecule has 0 bridgehead atoms. The fraction of sp³-hybridized carbons (Fsp3) is 0.500. The Kier molecular flexibility index (Phi) is 5.06. The van der Waals surface area contributed by atoms with Gasteiger partial charge in [0, 0.05) is 11.0 Å². The minimum Gasteiger partial charge on any atom is -0.481 e. The molecule has 0 fully saturated rings. The molecule has 2 atom stereocenters. The maximum absolute atomic E-state index is 10.8. The van der Waals surface area contributed by atoms with Crippen LogP contribution in [0.4, 0.5) is 0 Å². The number of hydrogen-bond acceptors (Lipinski definition) is 2. The molecule has 2 nitrogen and oxygen atoms in total. The minimum atomic E-state index is -0.717. The van der Waals surface area contributed by atoms with E-state index in [0.717, 1.165) is 5.75 Å². The molecule has 1 N–H and O–H groups in total. The molecule has 0 saturated heterocycles. The standard InChI is InChI=1S/C14H20O2S/c1-9-5-10(2)7-13(6-9)8-17-12(4)11(3)14(15)16/h5-7,11-12H,8H2,1-4H3,(H,15,16). The van der Waals surface area contributed by atoms with Crippen LogP contribution in [0, 0.1) is 19.8 Å². The van der Waals surface area contributed by atoms with Crippen molar-refractivity contribution in [2.75, 3.05) is 0 Å². The highest BCUT2D eigenvalue weighted by molar-refractivity contribution is 7.99. The largest absolute Gasteiger partial charge is 0.481 e. The highest BCUT2D eigenvalue weighted by Gasteiger charge is 2.19. The monoisotopic (exact) mass is 252 g/mol. The highest BCUT2D eigenvalue weighted by atomic mass is 32.2. The maximum Gasteiger partial charge on any atom is 0.307 e. The number of carboxylic acids is 1. The fourth-order valence-electron chi connectivity index (χ4n) is 1.73. The third kappa shape index (κ3) is 4.43. The van der Waals surface area contributed by atoms with Gasteiger partial charge in [0.1, 0.15) is 0 Å². The lowest BCUT2D eigenvalue weighted by atomic mass is 10.1. The Hall–Kier alpha value is -0.960. The lowest BCUT2D eigenvalue weighted by Gasteiger charge is -2.15. The van der Waals surface area contributed by atoms with Crippen molar-refractivity contribution in [3.05, 3.63) is 34.9 Å². The van der Waals surface area contributed by atoms with Crippen molar-refractivity contribution in [2.24, 2.45) is 5.92 Å². The first-order valence-corrected chi connectivity index (χ1v) is 6.86. The van der Waals surface area contributed by atoms with E-state index in [4.69, 9.17) is 5.11 Å². The summed E-state index contributed by atoms with van der Waals surface area (Å²) in [5, 5.41) is 9.06. The van der Waals surface area contributed by atoms with E-state index in [1.54, 1.807) is 18.7 Å². The van der Waals surface area contributed by atoms with Crippen LogP contribution in [-0.4, -0.2) is 16.3 Å². The van der Waals surface area contributed by atoms with Gasteiger partial charge < -0.3 is 5.11 Å². The second-order valence-corrected chi connectivity index (χ2v) is 6.00. The fourth-order valence-corrected chi connectivity index (χ4v) is 2.75. The Balaban J connectivity index is 2.58. The number of carboxylic acid groups (broad SMARTS) is 1. The normalized spacial score (nSPS) is 14.4. The average Bonchev–Trinajstić information content (AvgIpc) is 2.23. The molecule has 1 aromatic rings. The molecule has 0 aliphatic carbocycles. The number of carbonyl (C=O) groups is 1. The van der Waals surface area contributed by atoms with Crippen LogP contribution in [0.1, 0.15) is 30.5 Å². The summed E-state index contributed by atoms with van der Waals surface area (Å²) < 4.78 is 0. The van der Waals surface area contributed by atoms with E-state index in [-0.39, 0.29) is 11.2 Å². The molecular formula is C14H20O2S. The van der Waals surface area contributed by atoms with Gasteiger partial charge in [0.05, 0.1) is 5.92 Å². The highest BCUT2D eigenvalue weighted by Crippen LogP contribution is 2.24. The second-order valence-electron chi connectivity index (χ2n) is 4.64. The van der Waals surface area contributed by atoms with Crippen molar-refractivity contribution in [1.29, 1.82) is 0 Å². The van der Waals surface area contributed by atoms with Crippen LogP contribution in [-0.2, 0) is 10.5 Å². The summed E-state index contributed by atoms with van der Waals surface area (Å²) in [7, 11) is 0. The first-order chi connectivity index (χ1) is 7.90. The summed E-state index contributed by atoms with van der Waals surface area (Å²) in [4.78, 5) is 10.8. The van der Waals surface area contributed by atoms with Crippen LogP contribution in [0.3, 0.4) is 0 Å². The van der Waals surface area contributed by atoms with E-state index < -0.39 is 5.97 Å². The summed E-state index contributed by atoms with van der Waals surface area (Å²) in [5.41, 5.74) is 3.80. The zero-order valence-corrected chi connectivity index (χ0v) is 11.7. The molecule has 0 heterocycles. The third-order valence-electron chi connectivity index (χ3n) is 2.89.